The second-order valence-corrected chi connectivity index (χ2v) is 13.8. The van der Waals surface area contributed by atoms with E-state index in [1.807, 2.05) is 0 Å². The Labute approximate surface area is 268 Å². The average Bonchev–Trinajstić information content (AvgIpc) is 3.23. The first-order valence-corrected chi connectivity index (χ1v) is 16.7. The first kappa shape index (κ1) is 35.2. The van der Waals surface area contributed by atoms with Crippen molar-refractivity contribution < 1.29 is 46.6 Å². The number of hydrogen-bond acceptors (Lipinski definition) is 11. The molecule has 4 N–H and O–H groups in total. The van der Waals surface area contributed by atoms with Crippen LogP contribution < -0.4 is 20.7 Å². The lowest BCUT2D eigenvalue weighted by atomic mass is 10.0. The molecule has 46 heavy (non-hydrogen) atoms. The number of amides is 5. The van der Waals surface area contributed by atoms with Crippen LogP contribution in [0.2, 0.25) is 0 Å². The van der Waals surface area contributed by atoms with Crippen LogP contribution >= 0.6 is 0 Å². The number of ether oxygens (including phenoxy) is 3. The highest BCUT2D eigenvalue weighted by Crippen LogP contribution is 2.32. The van der Waals surface area contributed by atoms with E-state index < -0.39 is 51.6 Å². The summed E-state index contributed by atoms with van der Waals surface area (Å²) in [4.78, 5) is 62.7. The maximum absolute atomic E-state index is 13.1. The van der Waals surface area contributed by atoms with Gasteiger partial charge in [-0.3, -0.25) is 29.4 Å². The van der Waals surface area contributed by atoms with Gasteiger partial charge in [-0.15, -0.1) is 0 Å². The Morgan fingerprint density at radius 3 is 2.28 bits per heavy atom. The highest BCUT2D eigenvalue weighted by Gasteiger charge is 2.45. The third-order valence-electron chi connectivity index (χ3n) is 7.45. The molecular weight excluding hydrogens is 624 g/mol. The minimum absolute atomic E-state index is 0.0442. The molecule has 2 fully saturated rings. The number of alkyl carbamates (subject to hydrolysis) is 1. The first-order chi connectivity index (χ1) is 21.8. The lowest BCUT2D eigenvalue weighted by Gasteiger charge is -2.32. The third-order valence-corrected chi connectivity index (χ3v) is 9.06. The molecule has 0 aliphatic carbocycles. The molecule has 254 valence electrons. The standard InChI is InChI=1S/C29H42N6O10S/c1-29(2,3)45-28(40)32-19-9-13-34(14-10-19)46(41,42)31-12-16-44-18-17-43-15-11-30-21-6-4-5-20-24(21)27(39)35(26(20)38)22-7-8-23(36)33-25(22)37/h4-6,19,22,30-31H,7-18H2,1-3H3,(H,32,40)(H,33,36,37). The van der Waals surface area contributed by atoms with E-state index in [0.717, 1.165) is 4.90 Å². The average molecular weight is 667 g/mol. The van der Waals surface area contributed by atoms with E-state index in [-0.39, 0.29) is 76.1 Å². The summed E-state index contributed by atoms with van der Waals surface area (Å²) in [6, 6.07) is 3.62. The van der Waals surface area contributed by atoms with E-state index in [1.54, 1.807) is 32.9 Å². The molecule has 16 nitrogen and oxygen atoms in total. The molecule has 0 bridgehead atoms. The molecule has 1 unspecified atom stereocenters. The van der Waals surface area contributed by atoms with Gasteiger partial charge in [0.25, 0.3) is 22.0 Å². The van der Waals surface area contributed by atoms with Crippen molar-refractivity contribution in [1.82, 2.24) is 24.6 Å². The highest BCUT2D eigenvalue weighted by molar-refractivity contribution is 7.87. The number of carbonyl (C=O) groups excluding carboxylic acids is 5. The quantitative estimate of drug-likeness (QED) is 0.158. The normalized spacial score (nSPS) is 19.6. The van der Waals surface area contributed by atoms with Gasteiger partial charge in [0.05, 0.1) is 37.6 Å². The number of benzene rings is 1. The Morgan fingerprint density at radius 1 is 0.957 bits per heavy atom. The molecule has 0 spiro atoms. The minimum Gasteiger partial charge on any atom is -0.444 e. The Bertz CT molecular complexity index is 1420. The van der Waals surface area contributed by atoms with Gasteiger partial charge in [-0.25, -0.2) is 4.79 Å². The Hall–Kier alpha value is -3.64. The second kappa shape index (κ2) is 15.3. The summed E-state index contributed by atoms with van der Waals surface area (Å²) >= 11 is 0. The molecule has 17 heteroatoms. The molecule has 0 saturated carbocycles. The number of rotatable bonds is 14. The number of imide groups is 2. The summed E-state index contributed by atoms with van der Waals surface area (Å²) in [5.41, 5.74) is 0.181. The van der Waals surface area contributed by atoms with Crippen LogP contribution in [0.4, 0.5) is 10.5 Å². The SMILES string of the molecule is CC(C)(C)OC(=O)NC1CCN(S(=O)(=O)NCCOCCOCCNc2cccc3c2C(=O)N(C2CCC(=O)NC2=O)C3=O)CC1. The first-order valence-electron chi connectivity index (χ1n) is 15.2. The molecule has 1 aromatic carbocycles. The number of carbonyl (C=O) groups is 5. The maximum Gasteiger partial charge on any atom is 0.407 e. The zero-order valence-corrected chi connectivity index (χ0v) is 27.1. The van der Waals surface area contributed by atoms with Gasteiger partial charge in [-0.2, -0.15) is 17.4 Å². The van der Waals surface area contributed by atoms with E-state index in [9.17, 15) is 32.4 Å². The Kier molecular flexibility index (Phi) is 11.7. The summed E-state index contributed by atoms with van der Waals surface area (Å²) in [6.45, 7) is 7.17. The number of fused-ring (bicyclic) bond motifs is 1. The van der Waals surface area contributed by atoms with Crippen LogP contribution in [0.15, 0.2) is 18.2 Å². The predicted molar refractivity (Wildman–Crippen MR) is 164 cm³/mol. The second-order valence-electron chi connectivity index (χ2n) is 12.0. The molecule has 3 heterocycles. The van der Waals surface area contributed by atoms with Crippen molar-refractivity contribution in [1.29, 1.82) is 0 Å². The van der Waals surface area contributed by atoms with Gasteiger partial charge in [0, 0.05) is 44.3 Å². The smallest absolute Gasteiger partial charge is 0.407 e. The van der Waals surface area contributed by atoms with Gasteiger partial charge in [-0.05, 0) is 52.2 Å². The van der Waals surface area contributed by atoms with Crippen LogP contribution in [0, 0.1) is 0 Å². The lowest BCUT2D eigenvalue weighted by molar-refractivity contribution is -0.136. The van der Waals surface area contributed by atoms with Crippen LogP contribution in [-0.4, -0.2) is 118 Å². The predicted octanol–water partition coefficient (Wildman–Crippen LogP) is 0.356. The summed E-state index contributed by atoms with van der Waals surface area (Å²) < 4.78 is 45.3. The molecule has 4 rings (SSSR count). The fourth-order valence-electron chi connectivity index (χ4n) is 5.29. The summed E-state index contributed by atoms with van der Waals surface area (Å²) in [7, 11) is -3.68. The molecule has 1 atom stereocenters. The molecule has 3 aliphatic rings. The number of piperidine rings is 2. The largest absolute Gasteiger partial charge is 0.444 e. The van der Waals surface area contributed by atoms with Gasteiger partial charge in [0.1, 0.15) is 11.6 Å². The van der Waals surface area contributed by atoms with E-state index in [2.05, 4.69) is 20.7 Å². The molecule has 0 aromatic heterocycles. The van der Waals surface area contributed by atoms with Crippen molar-refractivity contribution in [3.63, 3.8) is 0 Å². The lowest BCUT2D eigenvalue weighted by Crippen LogP contribution is -2.54. The summed E-state index contributed by atoms with van der Waals surface area (Å²) in [5, 5.41) is 8.05. The van der Waals surface area contributed by atoms with Crippen LogP contribution in [0.3, 0.4) is 0 Å². The number of anilines is 1. The Balaban J connectivity index is 1.08. The van der Waals surface area contributed by atoms with Crippen LogP contribution in [-0.2, 0) is 34.0 Å². The van der Waals surface area contributed by atoms with Gasteiger partial charge >= 0.3 is 6.09 Å². The van der Waals surface area contributed by atoms with Crippen molar-refractivity contribution in [2.75, 3.05) is 57.9 Å². The van der Waals surface area contributed by atoms with E-state index >= 15 is 0 Å². The molecule has 0 radical (unpaired) electrons. The zero-order valence-electron chi connectivity index (χ0n) is 26.3. The summed E-state index contributed by atoms with van der Waals surface area (Å²) in [5.74, 6) is -2.28. The molecule has 3 aliphatic heterocycles. The summed E-state index contributed by atoms with van der Waals surface area (Å²) in [6.07, 6.45) is 0.562. The van der Waals surface area contributed by atoms with Gasteiger partial charge in [-0.1, -0.05) is 6.07 Å². The van der Waals surface area contributed by atoms with Crippen LogP contribution in [0.25, 0.3) is 0 Å². The zero-order chi connectivity index (χ0) is 33.5. The fraction of sp³-hybridized carbons (Fsp3) is 0.621. The van der Waals surface area contributed by atoms with E-state index in [4.69, 9.17) is 14.2 Å². The van der Waals surface area contributed by atoms with E-state index in [1.165, 1.54) is 10.4 Å². The molecule has 1 aromatic rings. The molecule has 2 saturated heterocycles. The molecule has 5 amide bonds. The fourth-order valence-corrected chi connectivity index (χ4v) is 6.51. The van der Waals surface area contributed by atoms with Gasteiger partial charge < -0.3 is 24.8 Å². The van der Waals surface area contributed by atoms with Crippen LogP contribution in [0.5, 0.6) is 0 Å². The van der Waals surface area contributed by atoms with Crippen molar-refractivity contribution in [2.24, 2.45) is 0 Å². The van der Waals surface area contributed by atoms with E-state index in [0.29, 0.717) is 25.1 Å². The number of nitrogens with zero attached hydrogens (tertiary/aromatic N) is 2. The van der Waals surface area contributed by atoms with Crippen molar-refractivity contribution in [3.05, 3.63) is 29.3 Å². The van der Waals surface area contributed by atoms with Crippen LogP contribution in [0.1, 0.15) is 67.2 Å². The van der Waals surface area contributed by atoms with Crippen molar-refractivity contribution >= 4 is 45.6 Å². The highest BCUT2D eigenvalue weighted by atomic mass is 32.2. The Morgan fingerprint density at radius 2 is 1.63 bits per heavy atom. The third kappa shape index (κ3) is 9.22. The van der Waals surface area contributed by atoms with Crippen molar-refractivity contribution in [3.8, 4) is 0 Å². The minimum atomic E-state index is -3.68. The molecular formula is C29H42N6O10S. The number of hydrogen-bond donors (Lipinski definition) is 4. The topological polar surface area (TPSA) is 202 Å². The van der Waals surface area contributed by atoms with Gasteiger partial charge in [0.15, 0.2) is 0 Å². The van der Waals surface area contributed by atoms with Gasteiger partial charge in [0.2, 0.25) is 11.8 Å². The maximum atomic E-state index is 13.1. The number of nitrogens with one attached hydrogen (secondary N) is 4. The monoisotopic (exact) mass is 666 g/mol. The van der Waals surface area contributed by atoms with Crippen molar-refractivity contribution in [2.45, 2.75) is 64.1 Å².